The van der Waals surface area contributed by atoms with E-state index in [1.54, 1.807) is 28.4 Å². The molecular formula is C24H23ClN2O3S2. The van der Waals surface area contributed by atoms with Crippen LogP contribution in [0.5, 0.6) is 5.75 Å². The number of hydrogen-bond donors (Lipinski definition) is 0. The highest BCUT2D eigenvalue weighted by atomic mass is 35.5. The number of rotatable bonds is 7. The van der Waals surface area contributed by atoms with Crippen molar-refractivity contribution in [2.45, 2.75) is 31.3 Å². The number of nitrogens with zero attached hydrogens (tertiary/aromatic N) is 2. The minimum atomic E-state index is -0.175. The highest BCUT2D eigenvalue weighted by Gasteiger charge is 2.38. The number of fused-ring (bicyclic) bond motifs is 1. The fraction of sp³-hybridized carbons (Fsp3) is 0.333. The number of thiophene rings is 2. The predicted octanol–water partition coefficient (Wildman–Crippen LogP) is 5.27. The molecule has 2 aliphatic rings. The first-order valence-electron chi connectivity index (χ1n) is 10.7. The van der Waals surface area contributed by atoms with Crippen LogP contribution in [0.15, 0.2) is 53.2 Å². The van der Waals surface area contributed by atoms with Gasteiger partial charge in [0.25, 0.3) is 5.91 Å². The smallest absolute Gasteiger partial charge is 0.264 e. The number of benzene rings is 1. The van der Waals surface area contributed by atoms with Crippen LogP contribution in [-0.4, -0.2) is 47.4 Å². The second-order valence-electron chi connectivity index (χ2n) is 8.06. The van der Waals surface area contributed by atoms with Crippen molar-refractivity contribution in [2.75, 3.05) is 19.7 Å². The van der Waals surface area contributed by atoms with Crippen LogP contribution in [0.3, 0.4) is 0 Å². The number of carbonyl (C=O) groups excluding carboxylic acids is 2. The van der Waals surface area contributed by atoms with E-state index in [1.165, 1.54) is 16.2 Å². The zero-order chi connectivity index (χ0) is 22.1. The summed E-state index contributed by atoms with van der Waals surface area (Å²) in [6.45, 7) is 1.10. The van der Waals surface area contributed by atoms with Gasteiger partial charge < -0.3 is 14.5 Å². The minimum Gasteiger partial charge on any atom is -0.491 e. The quantitative estimate of drug-likeness (QED) is 0.457. The van der Waals surface area contributed by atoms with Gasteiger partial charge in [-0.15, -0.1) is 22.7 Å². The van der Waals surface area contributed by atoms with Gasteiger partial charge in [0.15, 0.2) is 0 Å². The van der Waals surface area contributed by atoms with Crippen LogP contribution in [0.1, 0.15) is 39.0 Å². The molecule has 32 heavy (non-hydrogen) atoms. The van der Waals surface area contributed by atoms with Gasteiger partial charge in [-0.1, -0.05) is 17.7 Å². The number of hydrogen-bond acceptors (Lipinski definition) is 5. The van der Waals surface area contributed by atoms with E-state index in [1.807, 2.05) is 34.5 Å². The molecule has 1 aliphatic heterocycles. The zero-order valence-electron chi connectivity index (χ0n) is 17.4. The van der Waals surface area contributed by atoms with Gasteiger partial charge >= 0.3 is 0 Å². The third-order valence-electron chi connectivity index (χ3n) is 5.92. The molecule has 3 aromatic rings. The average molecular weight is 487 g/mol. The largest absolute Gasteiger partial charge is 0.491 e. The molecule has 1 aromatic carbocycles. The summed E-state index contributed by atoms with van der Waals surface area (Å²) in [6.07, 6.45) is 2.75. The maximum absolute atomic E-state index is 13.5. The summed E-state index contributed by atoms with van der Waals surface area (Å²) in [5, 5.41) is 4.63. The van der Waals surface area contributed by atoms with E-state index in [0.29, 0.717) is 23.1 Å². The molecule has 0 N–H and O–H groups in total. The monoisotopic (exact) mass is 486 g/mol. The Morgan fingerprint density at radius 1 is 1.09 bits per heavy atom. The first kappa shape index (κ1) is 21.5. The Labute approximate surface area is 200 Å². The van der Waals surface area contributed by atoms with Crippen LogP contribution >= 0.6 is 34.3 Å². The summed E-state index contributed by atoms with van der Waals surface area (Å²) < 4.78 is 6.05. The van der Waals surface area contributed by atoms with Gasteiger partial charge in [-0.25, -0.2) is 0 Å². The maximum atomic E-state index is 13.5. The third-order valence-corrected chi connectivity index (χ3v) is 8.03. The lowest BCUT2D eigenvalue weighted by Crippen LogP contribution is -2.48. The van der Waals surface area contributed by atoms with Crippen LogP contribution in [0.25, 0.3) is 0 Å². The van der Waals surface area contributed by atoms with E-state index in [4.69, 9.17) is 16.3 Å². The van der Waals surface area contributed by atoms with Crippen LogP contribution < -0.4 is 4.74 Å². The van der Waals surface area contributed by atoms with Gasteiger partial charge in [0.05, 0.1) is 10.9 Å². The van der Waals surface area contributed by atoms with Crippen molar-refractivity contribution < 1.29 is 14.3 Å². The lowest BCUT2D eigenvalue weighted by Gasteiger charge is -2.37. The molecule has 8 heteroatoms. The Morgan fingerprint density at radius 3 is 2.62 bits per heavy atom. The number of amides is 2. The standard InChI is InChI=1S/C24H23ClN2O3S2/c25-16-3-7-18(8-4-16)30-15-20-19-10-13-32-21(19)9-11-26(20)23(28)14-27(17-5-6-17)24(29)22-2-1-12-31-22/h1-4,7-8,10,12-13,17,20H,5-6,9,11,14-15H2/t20-/m1/s1. The molecule has 5 rings (SSSR count). The SMILES string of the molecule is O=C(c1cccs1)N(CC(=O)N1CCc2sccc2[C@H]1COc1ccc(Cl)cc1)C1CC1. The molecule has 2 aromatic heterocycles. The fourth-order valence-electron chi connectivity index (χ4n) is 4.11. The summed E-state index contributed by atoms with van der Waals surface area (Å²) in [6, 6.07) is 13.0. The highest BCUT2D eigenvalue weighted by molar-refractivity contribution is 7.12. The summed E-state index contributed by atoms with van der Waals surface area (Å²) in [5.41, 5.74) is 1.14. The van der Waals surface area contributed by atoms with E-state index in [2.05, 4.69) is 11.4 Å². The Hall–Kier alpha value is -2.35. The molecule has 0 bridgehead atoms. The van der Waals surface area contributed by atoms with Crippen molar-refractivity contribution in [3.05, 3.63) is 73.6 Å². The molecule has 2 amide bonds. The predicted molar refractivity (Wildman–Crippen MR) is 128 cm³/mol. The van der Waals surface area contributed by atoms with Crippen molar-refractivity contribution >= 4 is 46.1 Å². The molecule has 1 atom stereocenters. The zero-order valence-corrected chi connectivity index (χ0v) is 19.8. The van der Waals surface area contributed by atoms with Crippen molar-refractivity contribution in [2.24, 2.45) is 0 Å². The van der Waals surface area contributed by atoms with Crippen LogP contribution in [0.4, 0.5) is 0 Å². The van der Waals surface area contributed by atoms with Gasteiger partial charge in [0.1, 0.15) is 18.9 Å². The van der Waals surface area contributed by atoms with Crippen molar-refractivity contribution in [1.29, 1.82) is 0 Å². The van der Waals surface area contributed by atoms with Crippen molar-refractivity contribution in [3.63, 3.8) is 0 Å². The van der Waals surface area contributed by atoms with Gasteiger partial charge in [0.2, 0.25) is 5.91 Å². The van der Waals surface area contributed by atoms with Gasteiger partial charge in [-0.3, -0.25) is 9.59 Å². The Morgan fingerprint density at radius 2 is 1.91 bits per heavy atom. The Balaban J connectivity index is 1.33. The van der Waals surface area contributed by atoms with E-state index in [9.17, 15) is 9.59 Å². The van der Waals surface area contributed by atoms with Crippen LogP contribution in [-0.2, 0) is 11.2 Å². The van der Waals surface area contributed by atoms with Gasteiger partial charge in [-0.05, 0) is 72.0 Å². The molecule has 1 aliphatic carbocycles. The molecule has 1 saturated carbocycles. The Bertz CT molecular complexity index is 1090. The van der Waals surface area contributed by atoms with E-state index >= 15 is 0 Å². The van der Waals surface area contributed by atoms with E-state index < -0.39 is 0 Å². The second kappa shape index (κ2) is 9.25. The average Bonchev–Trinajstić information content (AvgIpc) is 3.28. The summed E-state index contributed by atoms with van der Waals surface area (Å²) >= 11 is 9.13. The molecule has 5 nitrogen and oxygen atoms in total. The first-order valence-corrected chi connectivity index (χ1v) is 12.8. The molecule has 3 heterocycles. The van der Waals surface area contributed by atoms with Gasteiger partial charge in [-0.2, -0.15) is 0 Å². The summed E-state index contributed by atoms with van der Waals surface area (Å²) in [7, 11) is 0. The van der Waals surface area contributed by atoms with Crippen molar-refractivity contribution in [1.82, 2.24) is 9.80 Å². The summed E-state index contributed by atoms with van der Waals surface area (Å²) in [5.74, 6) is 0.651. The van der Waals surface area contributed by atoms with Crippen LogP contribution in [0, 0.1) is 0 Å². The lowest BCUT2D eigenvalue weighted by atomic mass is 10.0. The molecule has 0 radical (unpaired) electrons. The van der Waals surface area contributed by atoms with E-state index in [-0.39, 0.29) is 30.4 Å². The maximum Gasteiger partial charge on any atom is 0.264 e. The lowest BCUT2D eigenvalue weighted by molar-refractivity contribution is -0.135. The molecule has 0 unspecified atom stereocenters. The van der Waals surface area contributed by atoms with Crippen molar-refractivity contribution in [3.8, 4) is 5.75 Å². The second-order valence-corrected chi connectivity index (χ2v) is 10.4. The number of ether oxygens (including phenoxy) is 1. The molecular weight excluding hydrogens is 464 g/mol. The number of halogens is 1. The molecule has 0 saturated heterocycles. The fourth-order valence-corrected chi connectivity index (χ4v) is 5.85. The molecule has 1 fully saturated rings. The molecule has 166 valence electrons. The van der Waals surface area contributed by atoms with Gasteiger partial charge in [0, 0.05) is 22.5 Å². The topological polar surface area (TPSA) is 49.9 Å². The number of carbonyl (C=O) groups is 2. The van der Waals surface area contributed by atoms with Crippen LogP contribution in [0.2, 0.25) is 5.02 Å². The third kappa shape index (κ3) is 4.56. The normalized spacial score (nSPS) is 17.7. The Kier molecular flexibility index (Phi) is 6.22. The first-order chi connectivity index (χ1) is 15.6. The molecule has 0 spiro atoms. The minimum absolute atomic E-state index is 0.0247. The summed E-state index contributed by atoms with van der Waals surface area (Å²) in [4.78, 5) is 32.1. The highest BCUT2D eigenvalue weighted by Crippen LogP contribution is 2.35. The van der Waals surface area contributed by atoms with E-state index in [0.717, 1.165) is 30.6 Å².